The van der Waals surface area contributed by atoms with Crippen molar-refractivity contribution in [1.82, 2.24) is 15.5 Å². The number of alkyl halides is 2. The lowest BCUT2D eigenvalue weighted by Gasteiger charge is -2.34. The Morgan fingerprint density at radius 2 is 2.13 bits per heavy atom. The van der Waals surface area contributed by atoms with Crippen molar-refractivity contribution in [1.29, 1.82) is 0 Å². The quantitative estimate of drug-likeness (QED) is 0.788. The maximum absolute atomic E-state index is 13.2. The van der Waals surface area contributed by atoms with E-state index in [2.05, 4.69) is 10.6 Å². The molecule has 0 bridgehead atoms. The summed E-state index contributed by atoms with van der Waals surface area (Å²) in [5.41, 5.74) is 0. The maximum atomic E-state index is 13.2. The zero-order chi connectivity index (χ0) is 16.2. The van der Waals surface area contributed by atoms with Gasteiger partial charge in [-0.25, -0.2) is 8.78 Å². The van der Waals surface area contributed by atoms with Gasteiger partial charge in [-0.1, -0.05) is 6.92 Å². The third-order valence-electron chi connectivity index (χ3n) is 4.30. The van der Waals surface area contributed by atoms with Crippen molar-refractivity contribution in [3.63, 3.8) is 0 Å². The second-order valence-corrected chi connectivity index (χ2v) is 6.34. The summed E-state index contributed by atoms with van der Waals surface area (Å²) < 4.78 is 26.4. The van der Waals surface area contributed by atoms with Gasteiger partial charge in [0.2, 0.25) is 11.8 Å². The number of hydrogen-bond acceptors (Lipinski definition) is 3. The number of halogens is 3. The van der Waals surface area contributed by atoms with Gasteiger partial charge in [-0.2, -0.15) is 0 Å². The number of hydrogen-bond donors (Lipinski definition) is 2. The predicted octanol–water partition coefficient (Wildman–Crippen LogP) is 1.56. The zero-order valence-corrected chi connectivity index (χ0v) is 14.3. The van der Waals surface area contributed by atoms with E-state index in [1.54, 1.807) is 4.90 Å². The highest BCUT2D eigenvalue weighted by molar-refractivity contribution is 5.85. The van der Waals surface area contributed by atoms with Gasteiger partial charge in [0, 0.05) is 32.5 Å². The van der Waals surface area contributed by atoms with E-state index in [0.717, 1.165) is 19.3 Å². The number of rotatable bonds is 5. The van der Waals surface area contributed by atoms with Crippen LogP contribution in [0.1, 0.15) is 39.0 Å². The second-order valence-electron chi connectivity index (χ2n) is 6.34. The highest BCUT2D eigenvalue weighted by Crippen LogP contribution is 2.27. The van der Waals surface area contributed by atoms with Crippen molar-refractivity contribution in [3.8, 4) is 0 Å². The van der Waals surface area contributed by atoms with Crippen LogP contribution >= 0.6 is 12.4 Å². The van der Waals surface area contributed by atoms with E-state index in [1.807, 2.05) is 6.92 Å². The molecule has 2 N–H and O–H groups in total. The number of carbonyl (C=O) groups excluding carboxylic acids is 2. The summed E-state index contributed by atoms with van der Waals surface area (Å²) in [5.74, 6) is -2.78. The predicted molar refractivity (Wildman–Crippen MR) is 85.8 cm³/mol. The average molecular weight is 354 g/mol. The van der Waals surface area contributed by atoms with Crippen LogP contribution in [-0.2, 0) is 9.59 Å². The molecule has 0 aromatic heterocycles. The summed E-state index contributed by atoms with van der Waals surface area (Å²) in [6, 6.07) is -0.775. The first-order valence-electron chi connectivity index (χ1n) is 8.08. The van der Waals surface area contributed by atoms with Crippen LogP contribution in [0.4, 0.5) is 8.78 Å². The second kappa shape index (κ2) is 8.78. The van der Waals surface area contributed by atoms with Crippen LogP contribution in [0.5, 0.6) is 0 Å². The fourth-order valence-corrected chi connectivity index (χ4v) is 3.12. The lowest BCUT2D eigenvalue weighted by atomic mass is 9.97. The third kappa shape index (κ3) is 5.88. The molecule has 2 aliphatic heterocycles. The molecule has 2 rings (SSSR count). The molecule has 0 saturated carbocycles. The Balaban J connectivity index is 0.00000264. The number of carbonyl (C=O) groups is 2. The smallest absolute Gasteiger partial charge is 0.262 e. The topological polar surface area (TPSA) is 61.4 Å². The fourth-order valence-electron chi connectivity index (χ4n) is 3.12. The van der Waals surface area contributed by atoms with Gasteiger partial charge in [0.25, 0.3) is 5.92 Å². The minimum atomic E-state index is -2.79. The van der Waals surface area contributed by atoms with E-state index in [4.69, 9.17) is 0 Å². The molecule has 0 radical (unpaired) electrons. The van der Waals surface area contributed by atoms with Crippen molar-refractivity contribution in [2.24, 2.45) is 5.92 Å². The molecule has 2 fully saturated rings. The molecular weight excluding hydrogens is 328 g/mol. The van der Waals surface area contributed by atoms with E-state index >= 15 is 0 Å². The van der Waals surface area contributed by atoms with Crippen molar-refractivity contribution in [2.45, 2.75) is 51.0 Å². The zero-order valence-electron chi connectivity index (χ0n) is 13.4. The van der Waals surface area contributed by atoms with E-state index in [0.29, 0.717) is 26.1 Å². The van der Waals surface area contributed by atoms with Gasteiger partial charge in [-0.3, -0.25) is 14.9 Å². The minimum Gasteiger partial charge on any atom is -0.356 e. The standard InChI is InChI=1S/C15H25F2N3O2.ClH/c1-2-4-13(21)18-8-11-5-3-6-20(9-11)14(22)12-7-15(16,17)10-19-12;/h11-12,19H,2-10H2,1H3,(H,18,21);1H. The molecule has 134 valence electrons. The van der Waals surface area contributed by atoms with E-state index < -0.39 is 24.9 Å². The highest BCUT2D eigenvalue weighted by atomic mass is 35.5. The molecule has 0 aromatic rings. The van der Waals surface area contributed by atoms with E-state index in [9.17, 15) is 18.4 Å². The molecule has 0 aromatic carbocycles. The molecule has 2 aliphatic rings. The number of likely N-dealkylation sites (tertiary alicyclic amines) is 1. The SMILES string of the molecule is CCCC(=O)NCC1CCCN(C(=O)C2CC(F)(F)CN2)C1.Cl. The van der Waals surface area contributed by atoms with Crippen LogP contribution in [0.3, 0.4) is 0 Å². The Hall–Kier alpha value is -0.950. The molecule has 8 heteroatoms. The first-order valence-corrected chi connectivity index (χ1v) is 8.08. The van der Waals surface area contributed by atoms with Gasteiger partial charge in [-0.15, -0.1) is 12.4 Å². The first-order chi connectivity index (χ1) is 10.4. The van der Waals surface area contributed by atoms with Gasteiger partial charge in [0.05, 0.1) is 12.6 Å². The van der Waals surface area contributed by atoms with Crippen LogP contribution in [0.15, 0.2) is 0 Å². The van der Waals surface area contributed by atoms with Crippen LogP contribution < -0.4 is 10.6 Å². The van der Waals surface area contributed by atoms with Gasteiger partial charge in [0.15, 0.2) is 0 Å². The van der Waals surface area contributed by atoms with Gasteiger partial charge >= 0.3 is 0 Å². The minimum absolute atomic E-state index is 0. The monoisotopic (exact) mass is 353 g/mol. The van der Waals surface area contributed by atoms with E-state index in [-0.39, 0.29) is 30.1 Å². The van der Waals surface area contributed by atoms with Gasteiger partial charge < -0.3 is 10.2 Å². The van der Waals surface area contributed by atoms with Crippen molar-refractivity contribution in [2.75, 3.05) is 26.2 Å². The Morgan fingerprint density at radius 1 is 1.39 bits per heavy atom. The lowest BCUT2D eigenvalue weighted by molar-refractivity contribution is -0.135. The largest absolute Gasteiger partial charge is 0.356 e. The summed E-state index contributed by atoms with van der Waals surface area (Å²) in [5, 5.41) is 5.50. The van der Waals surface area contributed by atoms with Crippen molar-refractivity contribution < 1.29 is 18.4 Å². The highest BCUT2D eigenvalue weighted by Gasteiger charge is 2.44. The number of amides is 2. The van der Waals surface area contributed by atoms with Gasteiger partial charge in [0.1, 0.15) is 0 Å². The molecule has 0 spiro atoms. The Morgan fingerprint density at radius 3 is 2.74 bits per heavy atom. The molecular formula is C15H26ClF2N3O2. The summed E-state index contributed by atoms with van der Waals surface area (Å²) in [6.45, 7) is 3.23. The van der Waals surface area contributed by atoms with Crippen molar-refractivity contribution in [3.05, 3.63) is 0 Å². The summed E-state index contributed by atoms with van der Waals surface area (Å²) in [7, 11) is 0. The summed E-state index contributed by atoms with van der Waals surface area (Å²) in [6.07, 6.45) is 2.70. The van der Waals surface area contributed by atoms with Crippen LogP contribution in [0.2, 0.25) is 0 Å². The van der Waals surface area contributed by atoms with Crippen LogP contribution in [-0.4, -0.2) is 54.9 Å². The summed E-state index contributed by atoms with van der Waals surface area (Å²) in [4.78, 5) is 25.5. The molecule has 2 unspecified atom stereocenters. The molecule has 0 aliphatic carbocycles. The number of nitrogens with one attached hydrogen (secondary N) is 2. The fraction of sp³-hybridized carbons (Fsp3) is 0.867. The van der Waals surface area contributed by atoms with Crippen LogP contribution in [0, 0.1) is 5.92 Å². The molecule has 2 saturated heterocycles. The normalized spacial score (nSPS) is 26.5. The molecule has 2 heterocycles. The molecule has 5 nitrogen and oxygen atoms in total. The third-order valence-corrected chi connectivity index (χ3v) is 4.30. The summed E-state index contributed by atoms with van der Waals surface area (Å²) >= 11 is 0. The lowest BCUT2D eigenvalue weighted by Crippen LogP contribution is -2.49. The molecule has 2 atom stereocenters. The van der Waals surface area contributed by atoms with Gasteiger partial charge in [-0.05, 0) is 25.2 Å². The molecule has 2 amide bonds. The first kappa shape index (κ1) is 20.1. The maximum Gasteiger partial charge on any atom is 0.262 e. The Kier molecular flexibility index (Phi) is 7.67. The van der Waals surface area contributed by atoms with Crippen molar-refractivity contribution >= 4 is 24.2 Å². The Bertz CT molecular complexity index is 424. The number of piperidine rings is 1. The van der Waals surface area contributed by atoms with Crippen LogP contribution in [0.25, 0.3) is 0 Å². The number of nitrogens with zero attached hydrogens (tertiary/aromatic N) is 1. The van der Waals surface area contributed by atoms with E-state index in [1.165, 1.54) is 0 Å². The molecule has 23 heavy (non-hydrogen) atoms. The average Bonchev–Trinajstić information content (AvgIpc) is 2.85. The Labute approximate surface area is 142 Å².